The molecule has 1 fully saturated rings. The van der Waals surface area contributed by atoms with E-state index >= 15 is 0 Å². The van der Waals surface area contributed by atoms with Crippen LogP contribution < -0.4 is 10.4 Å². The van der Waals surface area contributed by atoms with Gasteiger partial charge in [0.05, 0.1) is 37.7 Å². The van der Waals surface area contributed by atoms with E-state index in [1.54, 1.807) is 12.1 Å². The second-order valence-electron chi connectivity index (χ2n) is 15.8. The van der Waals surface area contributed by atoms with Gasteiger partial charge in [-0.2, -0.15) is 0 Å². The Balaban J connectivity index is 1.41. The average molecular weight is 843 g/mol. The predicted octanol–water partition coefficient (Wildman–Crippen LogP) is 8.23. The first kappa shape index (κ1) is 41.0. The Labute approximate surface area is 338 Å². The summed E-state index contributed by atoms with van der Waals surface area (Å²) in [5.41, 5.74) is 3.16. The Morgan fingerprint density at radius 1 is 0.982 bits per heavy atom. The minimum Gasteiger partial charge on any atom is -0.507 e. The van der Waals surface area contributed by atoms with Crippen LogP contribution in [0.3, 0.4) is 0 Å². The van der Waals surface area contributed by atoms with Crippen molar-refractivity contribution in [1.82, 2.24) is 4.90 Å². The summed E-state index contributed by atoms with van der Waals surface area (Å²) in [6.45, 7) is 8.69. The quantitative estimate of drug-likeness (QED) is 0.0633. The molecule has 6 rings (SSSR count). The summed E-state index contributed by atoms with van der Waals surface area (Å²) in [7, 11) is -3.03. The van der Waals surface area contributed by atoms with Crippen molar-refractivity contribution in [2.24, 2.45) is 17.8 Å². The minimum atomic E-state index is -3.03. The zero-order valence-electron chi connectivity index (χ0n) is 32.1. The van der Waals surface area contributed by atoms with E-state index < -0.39 is 32.2 Å². The molecule has 0 radical (unpaired) electrons. The number of imide groups is 1. The van der Waals surface area contributed by atoms with E-state index in [1.165, 1.54) is 16.2 Å². The maximum atomic E-state index is 14.2. The third kappa shape index (κ3) is 8.55. The van der Waals surface area contributed by atoms with Gasteiger partial charge in [0.15, 0.2) is 0 Å². The van der Waals surface area contributed by atoms with Crippen LogP contribution in [0.1, 0.15) is 70.2 Å². The molecule has 1 aromatic heterocycles. The Morgan fingerprint density at radius 3 is 2.24 bits per heavy atom. The fraction of sp³-hybridized carbons (Fsp3) is 0.378. The molecular weight excluding hydrogens is 791 g/mol. The second-order valence-corrected chi connectivity index (χ2v) is 22.0. The highest BCUT2D eigenvalue weighted by Gasteiger charge is 2.56. The number of carbonyl (C=O) groups excluding carboxylic acids is 2. The molecule has 0 saturated carbocycles. The van der Waals surface area contributed by atoms with Crippen LogP contribution >= 0.6 is 27.3 Å². The van der Waals surface area contributed by atoms with Crippen molar-refractivity contribution in [3.63, 3.8) is 0 Å². The maximum Gasteiger partial charge on any atom is 0.261 e. The van der Waals surface area contributed by atoms with Crippen molar-refractivity contribution < 1.29 is 29.3 Å². The summed E-state index contributed by atoms with van der Waals surface area (Å²) in [5.74, 6) is -2.53. The molecule has 1 aliphatic carbocycles. The molecule has 3 N–H and O–H groups in total. The third-order valence-electron chi connectivity index (χ3n) is 11.3. The molecular formula is C45H52BrNO6SSi. The molecule has 0 bridgehead atoms. The third-order valence-corrected chi connectivity index (χ3v) is 17.6. The Bertz CT molecular complexity index is 1970. The van der Waals surface area contributed by atoms with Crippen LogP contribution in [0.4, 0.5) is 0 Å². The lowest BCUT2D eigenvalue weighted by atomic mass is 9.68. The number of halogens is 1. The maximum absolute atomic E-state index is 14.2. The number of benzene rings is 3. The molecule has 7 nitrogen and oxygen atoms in total. The van der Waals surface area contributed by atoms with E-state index in [9.17, 15) is 24.9 Å². The highest BCUT2D eigenvalue weighted by Crippen LogP contribution is 2.48. The average Bonchev–Trinajstić information content (AvgIpc) is 3.78. The van der Waals surface area contributed by atoms with Gasteiger partial charge in [-0.15, -0.1) is 11.3 Å². The molecule has 0 spiro atoms. The molecule has 1 aliphatic heterocycles. The first-order valence-corrected chi connectivity index (χ1v) is 22.8. The SMILES string of the molecule is CCC/C(=C\c1cc(Br)ccc1O)CC[C@@H](O)C1=C(CO[Si](c2ccccc2)(c2ccccc2)C(C)(C)C)C[C@H]2C(=O)N(Cc3cccs3)C(=O)[C@H]2[C@H]1CO. The van der Waals surface area contributed by atoms with Gasteiger partial charge < -0.3 is 19.7 Å². The molecule has 2 heterocycles. The van der Waals surface area contributed by atoms with Gasteiger partial charge >= 0.3 is 0 Å². The zero-order chi connectivity index (χ0) is 39.3. The number of phenols is 1. The lowest BCUT2D eigenvalue weighted by Gasteiger charge is -2.44. The van der Waals surface area contributed by atoms with E-state index in [0.29, 0.717) is 24.0 Å². The van der Waals surface area contributed by atoms with Crippen molar-refractivity contribution in [2.75, 3.05) is 13.2 Å². The number of phenolic OH excluding ortho intramolecular Hbond substituents is 1. The number of carbonyl (C=O) groups is 2. The van der Waals surface area contributed by atoms with Crippen LogP contribution in [0, 0.1) is 17.8 Å². The number of hydrogen-bond donors (Lipinski definition) is 3. The first-order valence-electron chi connectivity index (χ1n) is 19.2. The molecule has 55 heavy (non-hydrogen) atoms. The van der Waals surface area contributed by atoms with E-state index in [2.05, 4.69) is 67.9 Å². The van der Waals surface area contributed by atoms with Gasteiger partial charge in [-0.1, -0.05) is 128 Å². The fourth-order valence-corrected chi connectivity index (χ4v) is 14.4. The summed E-state index contributed by atoms with van der Waals surface area (Å²) in [6, 6.07) is 29.8. The van der Waals surface area contributed by atoms with Gasteiger partial charge in [-0.05, 0) is 81.9 Å². The smallest absolute Gasteiger partial charge is 0.261 e. The Hall–Kier alpha value is -3.64. The number of aliphatic hydroxyl groups is 2. The standard InChI is InChI=1S/C45H52BrNO6SSi/c1-5-13-30(24-31-25-33(46)20-22-39(31)49)19-21-40(50)41-32(26-37-42(38(41)28-48)44(52)47(43(37)51)27-34-14-12-23-54-34)29-53-55(45(2,3)4,35-15-8-6-9-16-35)36-17-10-7-11-18-36/h6-12,14-18,20,22-25,37-38,40,42,48-50H,5,13,19,21,26-29H2,1-4H3/b30-24+/t37-,38+,40-,42-/m1/s1. The summed E-state index contributed by atoms with van der Waals surface area (Å²) in [6.07, 6.45) is 3.80. The van der Waals surface area contributed by atoms with Gasteiger partial charge in [0.1, 0.15) is 5.75 Å². The molecule has 2 aliphatic rings. The molecule has 4 atom stereocenters. The predicted molar refractivity (Wildman–Crippen MR) is 227 cm³/mol. The van der Waals surface area contributed by atoms with Gasteiger partial charge in [0.2, 0.25) is 11.8 Å². The lowest BCUT2D eigenvalue weighted by Crippen LogP contribution is -2.66. The number of thiophene rings is 1. The van der Waals surface area contributed by atoms with Gasteiger partial charge in [-0.25, -0.2) is 0 Å². The zero-order valence-corrected chi connectivity index (χ0v) is 35.5. The van der Waals surface area contributed by atoms with Crippen molar-refractivity contribution >= 4 is 63.8 Å². The van der Waals surface area contributed by atoms with Crippen LogP contribution in [0.2, 0.25) is 5.04 Å². The van der Waals surface area contributed by atoms with Gasteiger partial charge in [-0.3, -0.25) is 14.5 Å². The van der Waals surface area contributed by atoms with E-state index in [0.717, 1.165) is 43.7 Å². The number of likely N-dealkylation sites (tertiary alicyclic amines) is 1. The molecule has 0 unspecified atom stereocenters. The molecule has 2 amide bonds. The topological polar surface area (TPSA) is 107 Å². The number of fused-ring (bicyclic) bond motifs is 1. The van der Waals surface area contributed by atoms with Crippen molar-refractivity contribution in [2.45, 2.75) is 77.5 Å². The number of hydrogen-bond acceptors (Lipinski definition) is 7. The first-order chi connectivity index (χ1) is 26.4. The molecule has 10 heteroatoms. The second kappa shape index (κ2) is 17.7. The van der Waals surface area contributed by atoms with Crippen LogP contribution in [0.15, 0.2) is 118 Å². The summed E-state index contributed by atoms with van der Waals surface area (Å²) < 4.78 is 8.26. The van der Waals surface area contributed by atoms with Gasteiger partial charge in [0, 0.05) is 20.8 Å². The van der Waals surface area contributed by atoms with E-state index in [1.807, 2.05) is 66.1 Å². The van der Waals surface area contributed by atoms with Crippen LogP contribution in [-0.2, 0) is 20.6 Å². The number of aliphatic hydroxyl groups excluding tert-OH is 2. The number of nitrogens with zero attached hydrogens (tertiary/aromatic N) is 1. The number of rotatable bonds is 15. The highest BCUT2D eigenvalue weighted by atomic mass is 79.9. The Kier molecular flexibility index (Phi) is 13.2. The van der Waals surface area contributed by atoms with Crippen LogP contribution in [0.25, 0.3) is 6.08 Å². The van der Waals surface area contributed by atoms with Crippen molar-refractivity contribution in [1.29, 1.82) is 0 Å². The lowest BCUT2D eigenvalue weighted by molar-refractivity contribution is -0.140. The summed E-state index contributed by atoms with van der Waals surface area (Å²) in [4.78, 5) is 30.6. The van der Waals surface area contributed by atoms with Gasteiger partial charge in [0.25, 0.3) is 8.32 Å². The summed E-state index contributed by atoms with van der Waals surface area (Å²) >= 11 is 5.01. The molecule has 3 aromatic carbocycles. The van der Waals surface area contributed by atoms with E-state index in [-0.39, 0.29) is 48.8 Å². The van der Waals surface area contributed by atoms with Crippen molar-refractivity contribution in [3.05, 3.63) is 128 Å². The number of aromatic hydroxyl groups is 1. The monoisotopic (exact) mass is 841 g/mol. The number of amides is 2. The molecule has 1 saturated heterocycles. The van der Waals surface area contributed by atoms with E-state index in [4.69, 9.17) is 4.43 Å². The molecule has 290 valence electrons. The van der Waals surface area contributed by atoms with Crippen molar-refractivity contribution in [3.8, 4) is 5.75 Å². The van der Waals surface area contributed by atoms with Crippen LogP contribution in [-0.4, -0.2) is 59.7 Å². The molecule has 4 aromatic rings. The number of allylic oxidation sites excluding steroid dienone is 1. The normalized spacial score (nSPS) is 19.9. The van der Waals surface area contributed by atoms with Crippen LogP contribution in [0.5, 0.6) is 5.75 Å². The highest BCUT2D eigenvalue weighted by molar-refractivity contribution is 9.10. The summed E-state index contributed by atoms with van der Waals surface area (Å²) in [5, 5.41) is 37.9. The largest absolute Gasteiger partial charge is 0.507 e. The Morgan fingerprint density at radius 2 is 1.65 bits per heavy atom. The fourth-order valence-electron chi connectivity index (χ4n) is 8.76. The minimum absolute atomic E-state index is 0.148.